The van der Waals surface area contributed by atoms with Crippen LogP contribution in [0.1, 0.15) is 12.0 Å². The van der Waals surface area contributed by atoms with E-state index >= 15 is 0 Å². The van der Waals surface area contributed by atoms with Crippen LogP contribution in [0.15, 0.2) is 29.3 Å². The Kier molecular flexibility index (Phi) is 6.49. The number of fused-ring (bicyclic) bond motifs is 3. The molecule has 3 rings (SSSR count). The van der Waals surface area contributed by atoms with E-state index in [4.69, 9.17) is 15.2 Å². The van der Waals surface area contributed by atoms with Gasteiger partial charge in [0.15, 0.2) is 4.80 Å². The van der Waals surface area contributed by atoms with Crippen LogP contribution in [0.25, 0.3) is 21.0 Å². The molecule has 6 nitrogen and oxygen atoms in total. The Morgan fingerprint density at radius 3 is 2.41 bits per heavy atom. The average molecular weight is 390 g/mol. The number of nitrogens with zero attached hydrogens (tertiary/aromatic N) is 3. The quantitative estimate of drug-likeness (QED) is 0.515. The number of aliphatic hydroxyl groups excluding tert-OH is 2. The van der Waals surface area contributed by atoms with Gasteiger partial charge in [-0.3, -0.25) is 9.89 Å². The third-order valence-electron chi connectivity index (χ3n) is 4.88. The van der Waals surface area contributed by atoms with Crippen molar-refractivity contribution in [1.82, 2.24) is 9.47 Å². The number of phenolic OH excluding ortho intramolecular Hbond substituents is 1. The lowest BCUT2D eigenvalue weighted by molar-refractivity contribution is 0.160. The summed E-state index contributed by atoms with van der Waals surface area (Å²) < 4.78 is 3.17. The fourth-order valence-corrected chi connectivity index (χ4v) is 4.60. The molecule has 27 heavy (non-hydrogen) atoms. The third kappa shape index (κ3) is 4.01. The SMILES string of the molecule is Cc1c(O)c2ccccc2c2c1sc(=NCCCN(CCO)CCO)n2C. The van der Waals surface area contributed by atoms with Crippen molar-refractivity contribution in [3.8, 4) is 5.75 Å². The van der Waals surface area contributed by atoms with Crippen molar-refractivity contribution in [1.29, 1.82) is 0 Å². The fourth-order valence-electron chi connectivity index (χ4n) is 3.44. The molecular formula is C20H27N3O3S. The number of aliphatic hydroxyl groups is 2. The molecule has 2 aromatic carbocycles. The monoisotopic (exact) mass is 389 g/mol. The smallest absolute Gasteiger partial charge is 0.185 e. The van der Waals surface area contributed by atoms with Crippen molar-refractivity contribution in [2.45, 2.75) is 13.3 Å². The van der Waals surface area contributed by atoms with E-state index in [9.17, 15) is 5.11 Å². The number of aromatic hydroxyl groups is 1. The van der Waals surface area contributed by atoms with E-state index in [1.54, 1.807) is 11.3 Å². The number of rotatable bonds is 8. The van der Waals surface area contributed by atoms with Gasteiger partial charge < -0.3 is 19.9 Å². The molecule has 1 aromatic heterocycles. The van der Waals surface area contributed by atoms with Gasteiger partial charge in [-0.25, -0.2) is 0 Å². The highest BCUT2D eigenvalue weighted by atomic mass is 32.1. The van der Waals surface area contributed by atoms with Gasteiger partial charge in [-0.2, -0.15) is 0 Å². The summed E-state index contributed by atoms with van der Waals surface area (Å²) in [7, 11) is 2.02. The maximum absolute atomic E-state index is 10.6. The first-order valence-electron chi connectivity index (χ1n) is 9.22. The number of benzene rings is 2. The molecule has 3 aromatic rings. The standard InChI is InChI=1S/C20H27N3O3S/c1-14-18(26)16-7-4-3-6-15(16)17-19(14)27-20(22(17)2)21-8-5-9-23(10-12-24)11-13-25/h3-4,6-7,24-26H,5,8-13H2,1-2H3. The van der Waals surface area contributed by atoms with Crippen molar-refractivity contribution in [3.63, 3.8) is 0 Å². The Labute approximate surface area is 162 Å². The van der Waals surface area contributed by atoms with E-state index in [2.05, 4.69) is 4.57 Å². The van der Waals surface area contributed by atoms with Crippen LogP contribution in [0, 0.1) is 6.92 Å². The van der Waals surface area contributed by atoms with Gasteiger partial charge in [0.2, 0.25) is 0 Å². The van der Waals surface area contributed by atoms with Crippen molar-refractivity contribution < 1.29 is 15.3 Å². The molecule has 0 aliphatic heterocycles. The number of hydrogen-bond acceptors (Lipinski definition) is 6. The van der Waals surface area contributed by atoms with Crippen LogP contribution in [-0.4, -0.2) is 64.2 Å². The van der Waals surface area contributed by atoms with Crippen LogP contribution in [0.4, 0.5) is 0 Å². The number of aryl methyl sites for hydroxylation is 2. The van der Waals surface area contributed by atoms with E-state index in [0.29, 0.717) is 25.4 Å². The summed E-state index contributed by atoms with van der Waals surface area (Å²) >= 11 is 1.60. The van der Waals surface area contributed by atoms with Gasteiger partial charge in [-0.15, -0.1) is 0 Å². The van der Waals surface area contributed by atoms with Crippen LogP contribution in [0.2, 0.25) is 0 Å². The van der Waals surface area contributed by atoms with Gasteiger partial charge in [0.05, 0.1) is 23.4 Å². The van der Waals surface area contributed by atoms with Crippen molar-refractivity contribution in [2.24, 2.45) is 12.0 Å². The van der Waals surface area contributed by atoms with Gasteiger partial charge in [-0.1, -0.05) is 35.6 Å². The van der Waals surface area contributed by atoms with Crippen LogP contribution in [0.5, 0.6) is 5.75 Å². The summed E-state index contributed by atoms with van der Waals surface area (Å²) in [5.41, 5.74) is 2.00. The molecule has 7 heteroatoms. The third-order valence-corrected chi connectivity index (χ3v) is 6.17. The van der Waals surface area contributed by atoms with Gasteiger partial charge in [0, 0.05) is 49.6 Å². The van der Waals surface area contributed by atoms with E-state index in [-0.39, 0.29) is 13.2 Å². The van der Waals surface area contributed by atoms with Gasteiger partial charge in [-0.05, 0) is 13.3 Å². The summed E-state index contributed by atoms with van der Waals surface area (Å²) in [6.45, 7) is 4.75. The van der Waals surface area contributed by atoms with Crippen molar-refractivity contribution in [2.75, 3.05) is 39.4 Å². The van der Waals surface area contributed by atoms with E-state index in [1.165, 1.54) is 0 Å². The Bertz CT molecular complexity index is 987. The topological polar surface area (TPSA) is 81.2 Å². The van der Waals surface area contributed by atoms with Crippen molar-refractivity contribution >= 4 is 32.3 Å². The Morgan fingerprint density at radius 2 is 1.74 bits per heavy atom. The number of thiazole rings is 1. The predicted octanol–water partition coefficient (Wildman–Crippen LogP) is 1.98. The molecular weight excluding hydrogens is 362 g/mol. The van der Waals surface area contributed by atoms with Crippen LogP contribution < -0.4 is 4.80 Å². The van der Waals surface area contributed by atoms with Crippen LogP contribution >= 0.6 is 11.3 Å². The lowest BCUT2D eigenvalue weighted by atomic mass is 10.0. The second kappa shape index (κ2) is 8.84. The van der Waals surface area contributed by atoms with Gasteiger partial charge in [0.1, 0.15) is 5.75 Å². The number of phenols is 1. The zero-order valence-corrected chi connectivity index (χ0v) is 16.7. The summed E-state index contributed by atoms with van der Waals surface area (Å²) in [4.78, 5) is 7.73. The zero-order valence-electron chi connectivity index (χ0n) is 15.9. The van der Waals surface area contributed by atoms with Crippen LogP contribution in [0.3, 0.4) is 0 Å². The normalized spacial score (nSPS) is 12.7. The molecule has 146 valence electrons. The van der Waals surface area contributed by atoms with Gasteiger partial charge >= 0.3 is 0 Å². The molecule has 3 N–H and O–H groups in total. The summed E-state index contributed by atoms with van der Waals surface area (Å²) in [5, 5.41) is 30.6. The fraction of sp³-hybridized carbons (Fsp3) is 0.450. The Balaban J connectivity index is 1.90. The van der Waals surface area contributed by atoms with Gasteiger partial charge in [0.25, 0.3) is 0 Å². The summed E-state index contributed by atoms with van der Waals surface area (Å²) in [6.07, 6.45) is 0.860. The minimum absolute atomic E-state index is 0.0955. The second-order valence-electron chi connectivity index (χ2n) is 6.66. The maximum Gasteiger partial charge on any atom is 0.185 e. The highest BCUT2D eigenvalue weighted by Gasteiger charge is 2.15. The first kappa shape index (κ1) is 19.8. The second-order valence-corrected chi connectivity index (χ2v) is 7.64. The first-order valence-corrected chi connectivity index (χ1v) is 10.0. The molecule has 0 spiro atoms. The first-order chi connectivity index (χ1) is 13.1. The summed E-state index contributed by atoms with van der Waals surface area (Å²) in [5.74, 6) is 0.343. The highest BCUT2D eigenvalue weighted by Crippen LogP contribution is 2.37. The average Bonchev–Trinajstić information content (AvgIpc) is 3.00. The minimum atomic E-state index is 0.0955. The largest absolute Gasteiger partial charge is 0.507 e. The molecule has 1 heterocycles. The van der Waals surface area contributed by atoms with Crippen LogP contribution in [-0.2, 0) is 7.05 Å². The Morgan fingerprint density at radius 1 is 1.07 bits per heavy atom. The summed E-state index contributed by atoms with van der Waals surface area (Å²) in [6, 6.07) is 7.91. The molecule has 0 bridgehead atoms. The predicted molar refractivity (Wildman–Crippen MR) is 110 cm³/mol. The molecule has 0 fully saturated rings. The molecule has 0 amide bonds. The molecule has 0 aliphatic carbocycles. The van der Waals surface area contributed by atoms with E-state index < -0.39 is 0 Å². The number of hydrogen-bond donors (Lipinski definition) is 3. The lowest BCUT2D eigenvalue weighted by Gasteiger charge is -2.19. The highest BCUT2D eigenvalue weighted by molar-refractivity contribution is 7.16. The molecule has 0 radical (unpaired) electrons. The molecule has 0 aliphatic rings. The van der Waals surface area contributed by atoms with E-state index in [0.717, 1.165) is 44.3 Å². The van der Waals surface area contributed by atoms with Crippen molar-refractivity contribution in [3.05, 3.63) is 34.6 Å². The Hall–Kier alpha value is -1.93. The zero-order chi connectivity index (χ0) is 19.4. The molecule has 0 saturated heterocycles. The maximum atomic E-state index is 10.6. The number of aromatic nitrogens is 1. The molecule has 0 atom stereocenters. The van der Waals surface area contributed by atoms with E-state index in [1.807, 2.05) is 43.1 Å². The molecule has 0 saturated carbocycles. The molecule has 0 unspecified atom stereocenters. The lowest BCUT2D eigenvalue weighted by Crippen LogP contribution is -2.31. The minimum Gasteiger partial charge on any atom is -0.507 e.